The van der Waals surface area contributed by atoms with Gasteiger partial charge in [0.15, 0.2) is 5.78 Å². The van der Waals surface area contributed by atoms with Crippen LogP contribution in [0, 0.1) is 6.92 Å². The molecule has 38 heavy (non-hydrogen) atoms. The first kappa shape index (κ1) is 25.5. The molecule has 0 spiro atoms. The molecule has 3 aromatic carbocycles. The number of ketones is 1. The second kappa shape index (κ2) is 11.5. The van der Waals surface area contributed by atoms with Crippen LogP contribution < -0.4 is 16.0 Å². The zero-order valence-corrected chi connectivity index (χ0v) is 21.6. The molecule has 1 saturated carbocycles. The van der Waals surface area contributed by atoms with E-state index in [1.807, 2.05) is 49.4 Å². The minimum absolute atomic E-state index is 0.00536. The second-order valence-corrected chi connectivity index (χ2v) is 10.1. The lowest BCUT2D eigenvalue weighted by Gasteiger charge is -2.21. The van der Waals surface area contributed by atoms with E-state index >= 15 is 0 Å². The van der Waals surface area contributed by atoms with Crippen molar-refractivity contribution < 1.29 is 14.4 Å². The Morgan fingerprint density at radius 1 is 0.895 bits per heavy atom. The van der Waals surface area contributed by atoms with E-state index in [0.29, 0.717) is 34.3 Å². The number of benzene rings is 3. The number of rotatable bonds is 7. The number of nitrogens with one attached hydrogen (secondary N) is 1. The minimum Gasteiger partial charge on any atom is -0.352 e. The summed E-state index contributed by atoms with van der Waals surface area (Å²) >= 11 is 0. The number of amides is 2. The van der Waals surface area contributed by atoms with Crippen LogP contribution >= 0.6 is 0 Å². The summed E-state index contributed by atoms with van der Waals surface area (Å²) in [6, 6.07) is 20.7. The van der Waals surface area contributed by atoms with Crippen molar-refractivity contribution in [1.29, 1.82) is 0 Å². The molecule has 1 fully saturated rings. The summed E-state index contributed by atoms with van der Waals surface area (Å²) in [6.45, 7) is 2.53. The fourth-order valence-electron chi connectivity index (χ4n) is 5.14. The molecule has 0 radical (unpaired) electrons. The third kappa shape index (κ3) is 6.02. The zero-order valence-electron chi connectivity index (χ0n) is 21.6. The maximum absolute atomic E-state index is 12.8. The Morgan fingerprint density at radius 2 is 1.66 bits per heavy atom. The van der Waals surface area contributed by atoms with Gasteiger partial charge in [0.05, 0.1) is 10.7 Å². The third-order valence-corrected chi connectivity index (χ3v) is 7.24. The van der Waals surface area contributed by atoms with Crippen LogP contribution in [0.1, 0.15) is 75.4 Å². The van der Waals surface area contributed by atoms with Gasteiger partial charge in [-0.1, -0.05) is 73.4 Å². The summed E-state index contributed by atoms with van der Waals surface area (Å²) in [5.74, 6) is -0.551. The van der Waals surface area contributed by atoms with Crippen LogP contribution in [0.5, 0.6) is 0 Å². The molecule has 0 saturated heterocycles. The van der Waals surface area contributed by atoms with E-state index in [2.05, 4.69) is 21.4 Å². The predicted octanol–water partition coefficient (Wildman–Crippen LogP) is 4.56. The maximum atomic E-state index is 12.8. The van der Waals surface area contributed by atoms with Crippen molar-refractivity contribution in [2.24, 2.45) is 9.98 Å². The molecule has 6 heteroatoms. The zero-order chi connectivity index (χ0) is 26.5. The molecule has 192 valence electrons. The van der Waals surface area contributed by atoms with E-state index in [4.69, 9.17) is 0 Å². The number of carbonyl (C=O) groups is 3. The highest BCUT2D eigenvalue weighted by Gasteiger charge is 2.18. The lowest BCUT2D eigenvalue weighted by molar-refractivity contribution is -0.114. The van der Waals surface area contributed by atoms with Gasteiger partial charge in [-0.2, -0.15) is 0 Å². The molecule has 1 N–H and O–H groups in total. The molecule has 1 aliphatic heterocycles. The highest BCUT2D eigenvalue weighted by atomic mass is 16.2. The van der Waals surface area contributed by atoms with Gasteiger partial charge in [-0.15, -0.1) is 0 Å². The molecule has 1 aliphatic carbocycles. The molecule has 6 nitrogen and oxygen atoms in total. The number of aryl methyl sites for hydroxylation is 1. The van der Waals surface area contributed by atoms with Crippen LogP contribution in [0.3, 0.4) is 0 Å². The molecular formula is C32H31N3O3. The molecule has 1 heterocycles. The van der Waals surface area contributed by atoms with E-state index < -0.39 is 5.91 Å². The number of carbonyl (C=O) groups excluding carboxylic acids is 3. The monoisotopic (exact) mass is 505 g/mol. The fraction of sp³-hybridized carbons (Fsp3) is 0.281. The minimum atomic E-state index is -0.596. The molecule has 2 aliphatic rings. The highest BCUT2D eigenvalue weighted by Crippen LogP contribution is 2.32. The van der Waals surface area contributed by atoms with E-state index in [1.165, 1.54) is 49.3 Å². The molecule has 0 unspecified atom stereocenters. The summed E-state index contributed by atoms with van der Waals surface area (Å²) < 4.78 is 0. The van der Waals surface area contributed by atoms with Crippen LogP contribution in [0.4, 0.5) is 0 Å². The smallest absolute Gasteiger partial charge is 0.296 e. The lowest BCUT2D eigenvalue weighted by atomic mass is 9.84. The average molecular weight is 506 g/mol. The number of nitrogens with zero attached hydrogens (tertiary/aromatic N) is 2. The quantitative estimate of drug-likeness (QED) is 0.377. The van der Waals surface area contributed by atoms with Gasteiger partial charge in [-0.3, -0.25) is 14.4 Å². The normalized spacial score (nSPS) is 16.3. The van der Waals surface area contributed by atoms with Crippen molar-refractivity contribution in [3.8, 4) is 0 Å². The molecule has 5 rings (SSSR count). The Labute approximate surface area is 222 Å². The number of hydrogen-bond acceptors (Lipinski definition) is 4. The SMILES string of the molecule is Cc1cccc(CCNC(=O)c2ccc3c(c2)=NC(=O)/C(=C/C(=O)c2ccc(C4CCCCC4)cc2)N=3)c1. The summed E-state index contributed by atoms with van der Waals surface area (Å²) in [6.07, 6.45) is 8.18. The van der Waals surface area contributed by atoms with Crippen molar-refractivity contribution in [1.82, 2.24) is 5.32 Å². The summed E-state index contributed by atoms with van der Waals surface area (Å²) in [5, 5.41) is 3.68. The third-order valence-electron chi connectivity index (χ3n) is 7.24. The van der Waals surface area contributed by atoms with Gasteiger partial charge in [-0.25, -0.2) is 9.98 Å². The summed E-state index contributed by atoms with van der Waals surface area (Å²) in [5.41, 5.74) is 4.52. The standard InChI is InChI=1S/C32H31N3O3/c1-21-6-5-7-22(18-21)16-17-33-31(37)26-14-15-27-28(19-26)35-32(38)29(34-27)20-30(36)25-12-10-24(11-13-25)23-8-3-2-4-9-23/h5-7,10-15,18-20,23H,2-4,8-9,16-17H2,1H3,(H,33,37)/b29-20-. The first-order valence-corrected chi connectivity index (χ1v) is 13.3. The van der Waals surface area contributed by atoms with Crippen LogP contribution in [-0.4, -0.2) is 24.1 Å². The Hall–Kier alpha value is -4.19. The fourth-order valence-corrected chi connectivity index (χ4v) is 5.14. The van der Waals surface area contributed by atoms with Gasteiger partial charge >= 0.3 is 0 Å². The van der Waals surface area contributed by atoms with E-state index in [-0.39, 0.29) is 17.4 Å². The topological polar surface area (TPSA) is 88.0 Å². The first-order valence-electron chi connectivity index (χ1n) is 13.3. The van der Waals surface area contributed by atoms with Gasteiger partial charge in [0.25, 0.3) is 11.8 Å². The Kier molecular flexibility index (Phi) is 7.68. The number of hydrogen-bond donors (Lipinski definition) is 1. The first-order chi connectivity index (χ1) is 18.5. The van der Waals surface area contributed by atoms with Gasteiger partial charge < -0.3 is 5.32 Å². The van der Waals surface area contributed by atoms with Crippen molar-refractivity contribution >= 4 is 17.6 Å². The van der Waals surface area contributed by atoms with Crippen LogP contribution in [0.25, 0.3) is 0 Å². The molecule has 0 aromatic heterocycles. The molecule has 2 amide bonds. The van der Waals surface area contributed by atoms with Crippen molar-refractivity contribution in [3.63, 3.8) is 0 Å². The van der Waals surface area contributed by atoms with E-state index in [9.17, 15) is 14.4 Å². The van der Waals surface area contributed by atoms with Crippen LogP contribution in [-0.2, 0) is 11.2 Å². The average Bonchev–Trinajstić information content (AvgIpc) is 2.94. The molecular weight excluding hydrogens is 474 g/mol. The molecule has 3 aromatic rings. The van der Waals surface area contributed by atoms with Gasteiger partial charge in [-0.05, 0) is 61.4 Å². The van der Waals surface area contributed by atoms with Crippen LogP contribution in [0.15, 0.2) is 88.5 Å². The molecule has 0 bridgehead atoms. The van der Waals surface area contributed by atoms with Crippen molar-refractivity contribution in [2.45, 2.75) is 51.4 Å². The number of allylic oxidation sites excluding steroid dienone is 1. The maximum Gasteiger partial charge on any atom is 0.296 e. The summed E-state index contributed by atoms with van der Waals surface area (Å²) in [7, 11) is 0. The lowest BCUT2D eigenvalue weighted by Crippen LogP contribution is -2.34. The largest absolute Gasteiger partial charge is 0.352 e. The van der Waals surface area contributed by atoms with Crippen LogP contribution in [0.2, 0.25) is 0 Å². The van der Waals surface area contributed by atoms with Gasteiger partial charge in [0, 0.05) is 23.7 Å². The molecule has 0 atom stereocenters. The van der Waals surface area contributed by atoms with E-state index in [1.54, 1.807) is 18.2 Å². The van der Waals surface area contributed by atoms with Gasteiger partial charge in [0.1, 0.15) is 5.70 Å². The van der Waals surface area contributed by atoms with E-state index in [0.717, 1.165) is 12.0 Å². The second-order valence-electron chi connectivity index (χ2n) is 10.1. The summed E-state index contributed by atoms with van der Waals surface area (Å²) in [4.78, 5) is 46.6. The predicted molar refractivity (Wildman–Crippen MR) is 146 cm³/mol. The van der Waals surface area contributed by atoms with Gasteiger partial charge in [0.2, 0.25) is 0 Å². The number of fused-ring (bicyclic) bond motifs is 1. The highest BCUT2D eigenvalue weighted by molar-refractivity contribution is 6.09. The Balaban J connectivity index is 1.26. The Morgan fingerprint density at radius 3 is 2.42 bits per heavy atom. The van der Waals surface area contributed by atoms with Crippen molar-refractivity contribution in [3.05, 3.63) is 117 Å². The van der Waals surface area contributed by atoms with Crippen molar-refractivity contribution in [2.75, 3.05) is 6.54 Å². The Bertz CT molecular complexity index is 1530.